The van der Waals surface area contributed by atoms with Gasteiger partial charge >= 0.3 is 12.2 Å². The Labute approximate surface area is 213 Å². The molecule has 11 heteroatoms. The minimum atomic E-state index is -4.55. The number of alkyl halides is 3. The Kier molecular flexibility index (Phi) is 6.33. The number of amides is 3. The number of aromatic nitrogens is 1. The van der Waals surface area contributed by atoms with E-state index in [4.69, 9.17) is 0 Å². The maximum Gasteiger partial charge on any atom is 0.416 e. The molecule has 0 radical (unpaired) electrons. The summed E-state index contributed by atoms with van der Waals surface area (Å²) in [5, 5.41) is 10.5. The van der Waals surface area contributed by atoms with Crippen molar-refractivity contribution in [2.24, 2.45) is 0 Å². The van der Waals surface area contributed by atoms with Crippen molar-refractivity contribution < 1.29 is 27.2 Å². The summed E-state index contributed by atoms with van der Waals surface area (Å²) in [5.74, 6) is -0.874. The summed E-state index contributed by atoms with van der Waals surface area (Å²) < 4.78 is 53.2. The van der Waals surface area contributed by atoms with Crippen LogP contribution in [0.5, 0.6) is 0 Å². The molecule has 0 bridgehead atoms. The van der Waals surface area contributed by atoms with Gasteiger partial charge in [0.15, 0.2) is 0 Å². The van der Waals surface area contributed by atoms with Gasteiger partial charge in [0.2, 0.25) is 0 Å². The maximum absolute atomic E-state index is 14.5. The molecule has 7 nitrogen and oxygen atoms in total. The number of carbonyl (C=O) groups is 2. The molecule has 2 heterocycles. The van der Waals surface area contributed by atoms with E-state index < -0.39 is 23.6 Å². The molecule has 0 unspecified atom stereocenters. The lowest BCUT2D eigenvalue weighted by molar-refractivity contribution is -0.137. The van der Waals surface area contributed by atoms with Crippen molar-refractivity contribution in [3.05, 3.63) is 102 Å². The Bertz CT molecular complexity index is 1560. The first-order chi connectivity index (χ1) is 18.2. The zero-order valence-corrected chi connectivity index (χ0v) is 19.4. The van der Waals surface area contributed by atoms with Crippen LogP contribution in [0.2, 0.25) is 0 Å². The predicted octanol–water partition coefficient (Wildman–Crippen LogP) is 7.05. The molecular formula is C27H19F4N5O2. The first-order valence-electron chi connectivity index (χ1n) is 11.3. The Balaban J connectivity index is 1.30. The molecule has 38 heavy (non-hydrogen) atoms. The highest BCUT2D eigenvalue weighted by molar-refractivity contribution is 6.35. The molecule has 1 aromatic heterocycles. The molecule has 0 fully saturated rings. The number of nitrogens with one attached hydrogen (secondary N) is 5. The van der Waals surface area contributed by atoms with Gasteiger partial charge in [-0.2, -0.15) is 13.2 Å². The average molecular weight is 521 g/mol. The number of halogens is 4. The highest BCUT2D eigenvalue weighted by atomic mass is 19.4. The number of fused-ring (bicyclic) bond motifs is 1. The van der Waals surface area contributed by atoms with Crippen LogP contribution in [-0.2, 0) is 11.0 Å². The van der Waals surface area contributed by atoms with Gasteiger partial charge in [-0.05, 0) is 66.7 Å². The maximum atomic E-state index is 14.5. The lowest BCUT2D eigenvalue weighted by Gasteiger charge is -2.13. The Morgan fingerprint density at radius 2 is 1.63 bits per heavy atom. The Hall–Kier alpha value is -5.06. The SMILES string of the molecule is O=C(Nc1cccc(C(F)(F)F)c1)Nc1ccc(F)c(Nc2ccc3c(c2)NC(=O)C3=Cc2ccc[nH]2)c1. The molecule has 3 amide bonds. The Morgan fingerprint density at radius 3 is 2.37 bits per heavy atom. The van der Waals surface area contributed by atoms with Gasteiger partial charge in [-0.1, -0.05) is 12.1 Å². The monoisotopic (exact) mass is 521 g/mol. The van der Waals surface area contributed by atoms with Crippen molar-refractivity contribution in [2.45, 2.75) is 6.18 Å². The topological polar surface area (TPSA) is 98.0 Å². The van der Waals surface area contributed by atoms with Crippen LogP contribution in [0.4, 0.5) is 50.8 Å². The van der Waals surface area contributed by atoms with Gasteiger partial charge in [0.05, 0.1) is 22.5 Å². The van der Waals surface area contributed by atoms with Gasteiger partial charge in [0.1, 0.15) is 5.82 Å². The van der Waals surface area contributed by atoms with Gasteiger partial charge in [-0.15, -0.1) is 0 Å². The van der Waals surface area contributed by atoms with Crippen LogP contribution in [0.3, 0.4) is 0 Å². The number of rotatable bonds is 5. The van der Waals surface area contributed by atoms with E-state index in [1.54, 1.807) is 30.5 Å². The van der Waals surface area contributed by atoms with Gasteiger partial charge in [0, 0.05) is 34.5 Å². The molecule has 0 spiro atoms. The van der Waals surface area contributed by atoms with E-state index in [0.29, 0.717) is 22.5 Å². The summed E-state index contributed by atoms with van der Waals surface area (Å²) in [5.41, 5.74) is 2.26. The lowest BCUT2D eigenvalue weighted by Crippen LogP contribution is -2.20. The molecule has 5 N–H and O–H groups in total. The first-order valence-corrected chi connectivity index (χ1v) is 11.3. The third-order valence-electron chi connectivity index (χ3n) is 5.68. The number of H-pyrrole nitrogens is 1. The summed E-state index contributed by atoms with van der Waals surface area (Å²) in [6.45, 7) is 0. The molecule has 0 saturated heterocycles. The normalized spacial score (nSPS) is 13.7. The van der Waals surface area contributed by atoms with Crippen molar-refractivity contribution in [3.63, 3.8) is 0 Å². The minimum Gasteiger partial charge on any atom is -0.362 e. The van der Waals surface area contributed by atoms with E-state index >= 15 is 0 Å². The number of hydrogen-bond acceptors (Lipinski definition) is 3. The minimum absolute atomic E-state index is 0.0355. The third-order valence-corrected chi connectivity index (χ3v) is 5.68. The predicted molar refractivity (Wildman–Crippen MR) is 138 cm³/mol. The Morgan fingerprint density at radius 1 is 0.868 bits per heavy atom. The molecule has 0 saturated carbocycles. The highest BCUT2D eigenvalue weighted by Gasteiger charge is 2.30. The van der Waals surface area contributed by atoms with E-state index in [1.165, 1.54) is 24.3 Å². The van der Waals surface area contributed by atoms with Crippen LogP contribution in [0.1, 0.15) is 16.8 Å². The lowest BCUT2D eigenvalue weighted by atomic mass is 10.1. The number of anilines is 5. The van der Waals surface area contributed by atoms with Gasteiger partial charge in [-0.3, -0.25) is 4.79 Å². The van der Waals surface area contributed by atoms with E-state index in [9.17, 15) is 27.2 Å². The third kappa shape index (κ3) is 5.36. The van der Waals surface area contributed by atoms with Crippen LogP contribution in [-0.4, -0.2) is 16.9 Å². The smallest absolute Gasteiger partial charge is 0.362 e. The fourth-order valence-electron chi connectivity index (χ4n) is 3.93. The standard InChI is InChI=1S/C27H19F4N5O2/c28-22-9-7-19(35-26(38)34-17-4-1-3-15(11-17)27(29,30)31)14-24(22)33-18-6-8-20-21(12-16-5-2-10-32-16)25(37)36-23(20)13-18/h1-14,32-33H,(H,36,37)(H2,34,35,38). The first kappa shape index (κ1) is 24.6. The quantitative estimate of drug-likeness (QED) is 0.144. The summed E-state index contributed by atoms with van der Waals surface area (Å²) in [4.78, 5) is 27.8. The molecule has 5 rings (SSSR count). The van der Waals surface area contributed by atoms with Crippen LogP contribution in [0.25, 0.3) is 11.6 Å². The zero-order chi connectivity index (χ0) is 26.9. The van der Waals surface area contributed by atoms with Crippen LogP contribution >= 0.6 is 0 Å². The summed E-state index contributed by atoms with van der Waals surface area (Å²) >= 11 is 0. The second-order valence-electron chi connectivity index (χ2n) is 8.38. The van der Waals surface area contributed by atoms with Crippen molar-refractivity contribution in [1.82, 2.24) is 4.98 Å². The molecule has 3 aromatic carbocycles. The molecular weight excluding hydrogens is 502 g/mol. The van der Waals surface area contributed by atoms with Gasteiger partial charge in [0.25, 0.3) is 5.91 Å². The second-order valence-corrected chi connectivity index (χ2v) is 8.38. The largest absolute Gasteiger partial charge is 0.416 e. The van der Waals surface area contributed by atoms with Crippen LogP contribution in [0, 0.1) is 5.82 Å². The van der Waals surface area contributed by atoms with Crippen molar-refractivity contribution in [2.75, 3.05) is 21.3 Å². The summed E-state index contributed by atoms with van der Waals surface area (Å²) in [6, 6.07) is 15.9. The number of aromatic amines is 1. The molecule has 0 atom stereocenters. The van der Waals surface area contributed by atoms with E-state index in [2.05, 4.69) is 26.3 Å². The van der Waals surface area contributed by atoms with E-state index in [-0.39, 0.29) is 23.0 Å². The van der Waals surface area contributed by atoms with Gasteiger partial charge in [-0.25, -0.2) is 9.18 Å². The fraction of sp³-hybridized carbons (Fsp3) is 0.0370. The number of carbonyl (C=O) groups excluding carboxylic acids is 2. The van der Waals surface area contributed by atoms with Crippen molar-refractivity contribution in [1.29, 1.82) is 0 Å². The number of hydrogen-bond donors (Lipinski definition) is 5. The zero-order valence-electron chi connectivity index (χ0n) is 19.4. The fourth-order valence-corrected chi connectivity index (χ4v) is 3.93. The van der Waals surface area contributed by atoms with E-state index in [1.807, 2.05) is 12.1 Å². The van der Waals surface area contributed by atoms with Gasteiger partial charge < -0.3 is 26.3 Å². The molecule has 1 aliphatic rings. The molecule has 1 aliphatic heterocycles. The van der Waals surface area contributed by atoms with E-state index in [0.717, 1.165) is 23.9 Å². The van der Waals surface area contributed by atoms with Crippen molar-refractivity contribution in [3.8, 4) is 0 Å². The van der Waals surface area contributed by atoms with Crippen LogP contribution in [0.15, 0.2) is 79.0 Å². The van der Waals surface area contributed by atoms with Crippen molar-refractivity contribution >= 4 is 52.0 Å². The number of benzene rings is 3. The summed E-state index contributed by atoms with van der Waals surface area (Å²) in [6.07, 6.45) is -1.07. The highest BCUT2D eigenvalue weighted by Crippen LogP contribution is 2.36. The number of urea groups is 1. The van der Waals surface area contributed by atoms with Crippen LogP contribution < -0.4 is 21.3 Å². The second kappa shape index (κ2) is 9.77. The molecule has 4 aromatic rings. The molecule has 0 aliphatic carbocycles. The summed E-state index contributed by atoms with van der Waals surface area (Å²) in [7, 11) is 0. The molecule has 192 valence electrons. The average Bonchev–Trinajstić information content (AvgIpc) is 3.48.